The summed E-state index contributed by atoms with van der Waals surface area (Å²) in [6.07, 6.45) is 5.34. The number of fused-ring (bicyclic) bond motifs is 1. The summed E-state index contributed by atoms with van der Waals surface area (Å²) in [4.78, 5) is 23.8. The molecule has 1 aliphatic rings. The molecule has 4 heterocycles. The van der Waals surface area contributed by atoms with Crippen molar-refractivity contribution in [1.29, 1.82) is 0 Å². The van der Waals surface area contributed by atoms with Crippen molar-refractivity contribution in [3.05, 3.63) is 57.3 Å². The number of amides is 1. The number of hydrogen-bond acceptors (Lipinski definition) is 4. The third-order valence-corrected chi connectivity index (χ3v) is 5.78. The van der Waals surface area contributed by atoms with Crippen molar-refractivity contribution in [2.75, 3.05) is 11.4 Å². The molecule has 0 fully saturated rings. The van der Waals surface area contributed by atoms with Gasteiger partial charge in [-0.2, -0.15) is 5.10 Å². The number of hydrogen-bond donors (Lipinski definition) is 0. The lowest BCUT2D eigenvalue weighted by atomic mass is 10.0. The van der Waals surface area contributed by atoms with Crippen molar-refractivity contribution in [1.82, 2.24) is 19.7 Å². The molecule has 0 spiro atoms. The van der Waals surface area contributed by atoms with Crippen LogP contribution in [0.15, 0.2) is 36.8 Å². The van der Waals surface area contributed by atoms with E-state index in [2.05, 4.69) is 44.6 Å². The van der Waals surface area contributed by atoms with Crippen molar-refractivity contribution in [2.45, 2.75) is 26.8 Å². The maximum atomic E-state index is 13.3. The van der Waals surface area contributed by atoms with Gasteiger partial charge in [-0.1, -0.05) is 0 Å². The fourth-order valence-electron chi connectivity index (χ4n) is 3.22. The Morgan fingerprint density at radius 1 is 1.19 bits per heavy atom. The van der Waals surface area contributed by atoms with Crippen LogP contribution in [0.2, 0.25) is 0 Å². The molecule has 0 bridgehead atoms. The minimum atomic E-state index is -0.0720. The number of nitrogens with zero attached hydrogens (tertiary/aromatic N) is 5. The number of anilines is 1. The third-order valence-electron chi connectivity index (χ3n) is 4.61. The van der Waals surface area contributed by atoms with Crippen LogP contribution in [0.4, 0.5) is 5.82 Å². The highest BCUT2D eigenvalue weighted by Crippen LogP contribution is 2.32. The van der Waals surface area contributed by atoms with Gasteiger partial charge < -0.3 is 0 Å². The number of carbonyl (C=O) groups excluding carboxylic acids is 1. The maximum Gasteiger partial charge on any atom is 0.278 e. The van der Waals surface area contributed by atoms with Crippen LogP contribution in [0.1, 0.15) is 34.7 Å². The number of aryl methyl sites for hydroxylation is 2. The van der Waals surface area contributed by atoms with Crippen LogP contribution in [-0.2, 0) is 0 Å². The summed E-state index contributed by atoms with van der Waals surface area (Å²) in [5.74, 6) is 0.610. The molecule has 1 aliphatic heterocycles. The van der Waals surface area contributed by atoms with Gasteiger partial charge in [0.1, 0.15) is 11.5 Å². The Bertz CT molecular complexity index is 1010. The zero-order valence-electron chi connectivity index (χ0n) is 14.8. The molecule has 6 nitrogen and oxygen atoms in total. The Balaban J connectivity index is 1.82. The molecule has 1 atom stereocenters. The van der Waals surface area contributed by atoms with E-state index in [4.69, 9.17) is 0 Å². The molecule has 0 saturated carbocycles. The summed E-state index contributed by atoms with van der Waals surface area (Å²) in [5, 5.41) is 4.48. The number of pyridine rings is 2. The summed E-state index contributed by atoms with van der Waals surface area (Å²) in [5.41, 5.74) is 4.40. The Morgan fingerprint density at radius 3 is 2.73 bits per heavy atom. The Morgan fingerprint density at radius 2 is 2.00 bits per heavy atom. The highest BCUT2D eigenvalue weighted by molar-refractivity contribution is 14.1. The van der Waals surface area contributed by atoms with E-state index in [0.29, 0.717) is 18.1 Å². The molecular weight excluding hydrogens is 441 g/mol. The first kappa shape index (κ1) is 17.1. The Kier molecular flexibility index (Phi) is 4.26. The van der Waals surface area contributed by atoms with Gasteiger partial charge in [-0.05, 0) is 72.7 Å². The third kappa shape index (κ3) is 2.80. The van der Waals surface area contributed by atoms with Crippen LogP contribution in [0.5, 0.6) is 0 Å². The SMILES string of the molecule is Cc1cc(-c2cnn3c2C(=O)N(c2cc(I)c(C)cn2)C[C@@H]3C)ccn1. The smallest absolute Gasteiger partial charge is 0.278 e. The number of halogens is 1. The van der Waals surface area contributed by atoms with Crippen molar-refractivity contribution in [3.63, 3.8) is 0 Å². The molecule has 0 aliphatic carbocycles. The molecule has 4 rings (SSSR count). The van der Waals surface area contributed by atoms with Gasteiger partial charge >= 0.3 is 0 Å². The van der Waals surface area contributed by atoms with Crippen LogP contribution < -0.4 is 4.90 Å². The zero-order chi connectivity index (χ0) is 18.4. The monoisotopic (exact) mass is 459 g/mol. The molecule has 26 heavy (non-hydrogen) atoms. The normalized spacial score (nSPS) is 16.7. The van der Waals surface area contributed by atoms with E-state index in [1.54, 1.807) is 17.3 Å². The lowest BCUT2D eigenvalue weighted by Gasteiger charge is -2.31. The molecule has 0 radical (unpaired) electrons. The molecule has 3 aromatic heterocycles. The fourth-order valence-corrected chi connectivity index (χ4v) is 3.64. The summed E-state index contributed by atoms with van der Waals surface area (Å²) in [6, 6.07) is 5.92. The molecule has 0 saturated heterocycles. The van der Waals surface area contributed by atoms with E-state index < -0.39 is 0 Å². The van der Waals surface area contributed by atoms with Gasteiger partial charge in [-0.15, -0.1) is 0 Å². The zero-order valence-corrected chi connectivity index (χ0v) is 16.9. The number of rotatable bonds is 2. The van der Waals surface area contributed by atoms with E-state index in [1.807, 2.05) is 42.9 Å². The average Bonchev–Trinajstić information content (AvgIpc) is 3.06. The number of aromatic nitrogens is 4. The Hall–Kier alpha value is -2.29. The van der Waals surface area contributed by atoms with E-state index in [9.17, 15) is 4.79 Å². The maximum absolute atomic E-state index is 13.3. The number of carbonyl (C=O) groups is 1. The van der Waals surface area contributed by atoms with Gasteiger partial charge in [0.25, 0.3) is 5.91 Å². The van der Waals surface area contributed by atoms with Crippen LogP contribution in [-0.4, -0.2) is 32.2 Å². The highest BCUT2D eigenvalue weighted by atomic mass is 127. The first-order valence-electron chi connectivity index (χ1n) is 8.40. The molecular formula is C19H18IN5O. The summed E-state index contributed by atoms with van der Waals surface area (Å²) in [7, 11) is 0. The quantitative estimate of drug-likeness (QED) is 0.548. The standard InChI is InChI=1S/C19H18IN5O/c1-11-8-22-17(7-16(11)20)24-10-13(3)25-18(19(24)26)15(9-23-25)14-4-5-21-12(2)6-14/h4-9,13H,10H2,1-3H3/t13-/m0/s1. The van der Waals surface area contributed by atoms with E-state index in [1.165, 1.54) is 0 Å². The van der Waals surface area contributed by atoms with Crippen LogP contribution >= 0.6 is 22.6 Å². The minimum absolute atomic E-state index is 0.0696. The second-order valence-electron chi connectivity index (χ2n) is 6.59. The van der Waals surface area contributed by atoms with Gasteiger partial charge in [0, 0.05) is 33.8 Å². The fraction of sp³-hybridized carbons (Fsp3) is 0.263. The van der Waals surface area contributed by atoms with E-state index in [-0.39, 0.29) is 11.9 Å². The predicted molar refractivity (Wildman–Crippen MR) is 108 cm³/mol. The van der Waals surface area contributed by atoms with Crippen LogP contribution in [0.3, 0.4) is 0 Å². The van der Waals surface area contributed by atoms with Gasteiger partial charge in [0.15, 0.2) is 0 Å². The molecule has 7 heteroatoms. The predicted octanol–water partition coefficient (Wildman–Crippen LogP) is 3.78. The first-order chi connectivity index (χ1) is 12.5. The van der Waals surface area contributed by atoms with Gasteiger partial charge in [-0.3, -0.25) is 19.4 Å². The van der Waals surface area contributed by atoms with Crippen LogP contribution in [0.25, 0.3) is 11.1 Å². The van der Waals surface area contributed by atoms with Crippen LogP contribution in [0, 0.1) is 17.4 Å². The first-order valence-corrected chi connectivity index (χ1v) is 9.48. The molecule has 132 valence electrons. The summed E-state index contributed by atoms with van der Waals surface area (Å²) >= 11 is 2.27. The Labute approximate surface area is 165 Å². The van der Waals surface area contributed by atoms with Gasteiger partial charge in [0.05, 0.1) is 12.2 Å². The highest BCUT2D eigenvalue weighted by Gasteiger charge is 2.34. The van der Waals surface area contributed by atoms with Crippen molar-refractivity contribution in [2.24, 2.45) is 0 Å². The minimum Gasteiger partial charge on any atom is -0.289 e. The molecule has 3 aromatic rings. The molecule has 1 amide bonds. The topological polar surface area (TPSA) is 63.9 Å². The van der Waals surface area contributed by atoms with E-state index >= 15 is 0 Å². The van der Waals surface area contributed by atoms with Crippen molar-refractivity contribution < 1.29 is 4.79 Å². The van der Waals surface area contributed by atoms with E-state index in [0.717, 1.165) is 26.0 Å². The lowest BCUT2D eigenvalue weighted by molar-refractivity contribution is 0.0953. The summed E-state index contributed by atoms with van der Waals surface area (Å²) in [6.45, 7) is 6.57. The molecule has 0 aromatic carbocycles. The second kappa shape index (κ2) is 6.46. The molecule has 0 unspecified atom stereocenters. The van der Waals surface area contributed by atoms with Gasteiger partial charge in [-0.25, -0.2) is 4.98 Å². The largest absolute Gasteiger partial charge is 0.289 e. The second-order valence-corrected chi connectivity index (χ2v) is 7.76. The average molecular weight is 459 g/mol. The van der Waals surface area contributed by atoms with Crippen molar-refractivity contribution in [3.8, 4) is 11.1 Å². The summed E-state index contributed by atoms with van der Waals surface area (Å²) < 4.78 is 2.92. The van der Waals surface area contributed by atoms with Gasteiger partial charge in [0.2, 0.25) is 0 Å². The lowest BCUT2D eigenvalue weighted by Crippen LogP contribution is -2.43. The van der Waals surface area contributed by atoms with Crippen molar-refractivity contribution >= 4 is 34.3 Å². The molecule has 0 N–H and O–H groups in total.